The molecule has 3 heteroatoms. The van der Waals surface area contributed by atoms with Gasteiger partial charge in [-0.05, 0) is 30.5 Å². The van der Waals surface area contributed by atoms with Crippen molar-refractivity contribution < 1.29 is 9.47 Å². The molecule has 102 valence electrons. The SMILES string of the molecule is COCNCC(C)(C)c1cc(C)c(OC)c(C)c1. The second-order valence-corrected chi connectivity index (χ2v) is 5.39. The van der Waals surface area contributed by atoms with Gasteiger partial charge < -0.3 is 9.47 Å². The van der Waals surface area contributed by atoms with Gasteiger partial charge in [-0.3, -0.25) is 5.32 Å². The van der Waals surface area contributed by atoms with Gasteiger partial charge in [-0.15, -0.1) is 0 Å². The topological polar surface area (TPSA) is 30.5 Å². The zero-order valence-electron chi connectivity index (χ0n) is 12.4. The van der Waals surface area contributed by atoms with Crippen LogP contribution in [0.1, 0.15) is 30.5 Å². The number of methoxy groups -OCH3 is 2. The summed E-state index contributed by atoms with van der Waals surface area (Å²) in [6.07, 6.45) is 0. The minimum absolute atomic E-state index is 0.0698. The van der Waals surface area contributed by atoms with E-state index in [1.165, 1.54) is 16.7 Å². The van der Waals surface area contributed by atoms with Crippen molar-refractivity contribution in [2.75, 3.05) is 27.5 Å². The van der Waals surface area contributed by atoms with Crippen LogP contribution in [0.5, 0.6) is 5.75 Å². The smallest absolute Gasteiger partial charge is 0.124 e. The van der Waals surface area contributed by atoms with Crippen molar-refractivity contribution in [3.8, 4) is 5.75 Å². The first kappa shape index (κ1) is 15.0. The van der Waals surface area contributed by atoms with Crippen LogP contribution in [0.2, 0.25) is 0 Å². The molecule has 1 aromatic rings. The second-order valence-electron chi connectivity index (χ2n) is 5.39. The lowest BCUT2D eigenvalue weighted by Crippen LogP contribution is -2.34. The molecule has 0 bridgehead atoms. The molecule has 0 atom stereocenters. The van der Waals surface area contributed by atoms with Crippen LogP contribution in [-0.2, 0) is 10.2 Å². The molecule has 0 aromatic heterocycles. The zero-order valence-corrected chi connectivity index (χ0v) is 12.4. The summed E-state index contributed by atoms with van der Waals surface area (Å²) in [5, 5.41) is 3.29. The first-order valence-corrected chi connectivity index (χ1v) is 6.27. The lowest BCUT2D eigenvalue weighted by molar-refractivity contribution is 0.169. The van der Waals surface area contributed by atoms with Gasteiger partial charge in [0, 0.05) is 19.1 Å². The van der Waals surface area contributed by atoms with Crippen molar-refractivity contribution in [3.63, 3.8) is 0 Å². The van der Waals surface area contributed by atoms with Crippen molar-refractivity contribution in [3.05, 3.63) is 28.8 Å². The minimum Gasteiger partial charge on any atom is -0.496 e. The van der Waals surface area contributed by atoms with Gasteiger partial charge in [-0.2, -0.15) is 0 Å². The normalized spacial score (nSPS) is 11.7. The second kappa shape index (κ2) is 6.21. The Morgan fingerprint density at radius 3 is 2.11 bits per heavy atom. The van der Waals surface area contributed by atoms with E-state index in [4.69, 9.17) is 9.47 Å². The van der Waals surface area contributed by atoms with Crippen molar-refractivity contribution >= 4 is 0 Å². The molecule has 0 fully saturated rings. The summed E-state index contributed by atoms with van der Waals surface area (Å²) in [7, 11) is 3.42. The summed E-state index contributed by atoms with van der Waals surface area (Å²) in [5.41, 5.74) is 3.77. The fraction of sp³-hybridized carbons (Fsp3) is 0.600. The summed E-state index contributed by atoms with van der Waals surface area (Å²) in [6.45, 7) is 10.1. The molecule has 0 unspecified atom stereocenters. The largest absolute Gasteiger partial charge is 0.496 e. The standard InChI is InChI=1S/C15H25NO2/c1-11-7-13(8-12(2)14(11)18-6)15(3,4)9-16-10-17-5/h7-8,16H,9-10H2,1-6H3. The fourth-order valence-corrected chi connectivity index (χ4v) is 2.23. The third-order valence-corrected chi connectivity index (χ3v) is 3.26. The highest BCUT2D eigenvalue weighted by Gasteiger charge is 2.21. The highest BCUT2D eigenvalue weighted by atomic mass is 16.5. The molecule has 0 heterocycles. The summed E-state index contributed by atoms with van der Waals surface area (Å²) < 4.78 is 10.4. The summed E-state index contributed by atoms with van der Waals surface area (Å²) in [5.74, 6) is 0.986. The average Bonchev–Trinajstić information content (AvgIpc) is 2.28. The number of benzene rings is 1. The van der Waals surface area contributed by atoms with E-state index in [0.29, 0.717) is 6.73 Å². The Hall–Kier alpha value is -1.06. The molecule has 0 saturated heterocycles. The molecule has 1 N–H and O–H groups in total. The van der Waals surface area contributed by atoms with Gasteiger partial charge in [0.2, 0.25) is 0 Å². The lowest BCUT2D eigenvalue weighted by Gasteiger charge is -2.27. The number of ether oxygens (including phenoxy) is 2. The van der Waals surface area contributed by atoms with Crippen LogP contribution in [0.3, 0.4) is 0 Å². The maximum Gasteiger partial charge on any atom is 0.124 e. The molecule has 0 radical (unpaired) electrons. The van der Waals surface area contributed by atoms with Gasteiger partial charge in [-0.1, -0.05) is 26.0 Å². The molecule has 18 heavy (non-hydrogen) atoms. The molecule has 0 aliphatic carbocycles. The van der Waals surface area contributed by atoms with E-state index >= 15 is 0 Å². The molecule has 1 rings (SSSR count). The number of aryl methyl sites for hydroxylation is 2. The van der Waals surface area contributed by atoms with Gasteiger partial charge in [0.15, 0.2) is 0 Å². The molecule has 0 saturated carbocycles. The molecule has 0 aliphatic rings. The van der Waals surface area contributed by atoms with Crippen LogP contribution in [0, 0.1) is 13.8 Å². The fourth-order valence-electron chi connectivity index (χ4n) is 2.23. The van der Waals surface area contributed by atoms with Gasteiger partial charge in [-0.25, -0.2) is 0 Å². The predicted octanol–water partition coefficient (Wildman–Crippen LogP) is 2.78. The third kappa shape index (κ3) is 3.47. The molecular weight excluding hydrogens is 226 g/mol. The summed E-state index contributed by atoms with van der Waals surface area (Å²) in [6, 6.07) is 4.42. The lowest BCUT2D eigenvalue weighted by atomic mass is 9.83. The summed E-state index contributed by atoms with van der Waals surface area (Å²) in [4.78, 5) is 0. The van der Waals surface area contributed by atoms with Crippen molar-refractivity contribution in [1.82, 2.24) is 5.32 Å². The van der Waals surface area contributed by atoms with E-state index in [1.54, 1.807) is 14.2 Å². The Balaban J connectivity index is 2.95. The average molecular weight is 251 g/mol. The van der Waals surface area contributed by atoms with Crippen LogP contribution in [-0.4, -0.2) is 27.5 Å². The van der Waals surface area contributed by atoms with E-state index in [-0.39, 0.29) is 5.41 Å². The molecule has 1 aromatic carbocycles. The molecule has 0 aliphatic heterocycles. The summed E-state index contributed by atoms with van der Waals surface area (Å²) >= 11 is 0. The number of hydrogen-bond acceptors (Lipinski definition) is 3. The van der Waals surface area contributed by atoms with Crippen molar-refractivity contribution in [2.45, 2.75) is 33.1 Å². The Labute approximate surface area is 110 Å². The molecule has 0 spiro atoms. The predicted molar refractivity (Wildman–Crippen MR) is 75.4 cm³/mol. The van der Waals surface area contributed by atoms with Crippen LogP contribution in [0.25, 0.3) is 0 Å². The van der Waals surface area contributed by atoms with E-state index in [0.717, 1.165) is 12.3 Å². The highest BCUT2D eigenvalue weighted by Crippen LogP contribution is 2.30. The Morgan fingerprint density at radius 2 is 1.67 bits per heavy atom. The molecule has 3 nitrogen and oxygen atoms in total. The molecule has 0 amide bonds. The van der Waals surface area contributed by atoms with E-state index in [2.05, 4.69) is 45.1 Å². The van der Waals surface area contributed by atoms with Crippen molar-refractivity contribution in [2.24, 2.45) is 0 Å². The van der Waals surface area contributed by atoms with Gasteiger partial charge in [0.05, 0.1) is 13.8 Å². The van der Waals surface area contributed by atoms with E-state index < -0.39 is 0 Å². The number of nitrogens with one attached hydrogen (secondary N) is 1. The Morgan fingerprint density at radius 1 is 1.11 bits per heavy atom. The minimum atomic E-state index is 0.0698. The third-order valence-electron chi connectivity index (χ3n) is 3.26. The maximum absolute atomic E-state index is 5.41. The van der Waals surface area contributed by atoms with Crippen LogP contribution >= 0.6 is 0 Å². The first-order valence-electron chi connectivity index (χ1n) is 6.27. The first-order chi connectivity index (χ1) is 8.42. The monoisotopic (exact) mass is 251 g/mol. The van der Waals surface area contributed by atoms with Crippen molar-refractivity contribution in [1.29, 1.82) is 0 Å². The van der Waals surface area contributed by atoms with Crippen LogP contribution < -0.4 is 10.1 Å². The van der Waals surface area contributed by atoms with Gasteiger partial charge in [0.25, 0.3) is 0 Å². The van der Waals surface area contributed by atoms with E-state index in [9.17, 15) is 0 Å². The van der Waals surface area contributed by atoms with Crippen LogP contribution in [0.4, 0.5) is 0 Å². The van der Waals surface area contributed by atoms with E-state index in [1.807, 2.05) is 0 Å². The zero-order chi connectivity index (χ0) is 13.8. The number of hydrogen-bond donors (Lipinski definition) is 1. The quantitative estimate of drug-likeness (QED) is 0.623. The number of rotatable bonds is 6. The van der Waals surface area contributed by atoms with Gasteiger partial charge in [0.1, 0.15) is 5.75 Å². The maximum atomic E-state index is 5.41. The Kier molecular flexibility index (Phi) is 5.17. The Bertz CT molecular complexity index is 376. The van der Waals surface area contributed by atoms with Crippen LogP contribution in [0.15, 0.2) is 12.1 Å². The highest BCUT2D eigenvalue weighted by molar-refractivity contribution is 5.45. The van der Waals surface area contributed by atoms with Gasteiger partial charge >= 0.3 is 0 Å². The molecular formula is C15H25NO2.